The Kier molecular flexibility index (Phi) is 5.16. The van der Waals surface area contributed by atoms with Crippen LogP contribution in [-0.2, 0) is 11.3 Å². The summed E-state index contributed by atoms with van der Waals surface area (Å²) in [5.41, 5.74) is 3.29. The second kappa shape index (κ2) is 8.12. The molecule has 1 unspecified atom stereocenters. The minimum absolute atomic E-state index is 0.0261. The van der Waals surface area contributed by atoms with Crippen molar-refractivity contribution in [3.05, 3.63) is 94.7 Å². The van der Waals surface area contributed by atoms with E-state index in [-0.39, 0.29) is 24.2 Å². The molecule has 1 aliphatic heterocycles. The lowest BCUT2D eigenvalue weighted by Gasteiger charge is -2.17. The molecule has 1 saturated heterocycles. The summed E-state index contributed by atoms with van der Waals surface area (Å²) in [6.07, 6.45) is 0.370. The number of fused-ring (bicyclic) bond motifs is 1. The largest absolute Gasteiger partial charge is 0.320 e. The number of nitrogens with zero attached hydrogens (tertiary/aromatic N) is 3. The summed E-state index contributed by atoms with van der Waals surface area (Å²) in [6, 6.07) is 24.9. The van der Waals surface area contributed by atoms with Gasteiger partial charge in [-0.3, -0.25) is 9.59 Å². The average molecular weight is 474 g/mol. The highest BCUT2D eigenvalue weighted by Gasteiger charge is 2.35. The molecule has 0 radical (unpaired) electrons. The molecule has 1 amide bonds. The van der Waals surface area contributed by atoms with E-state index in [2.05, 4.69) is 15.9 Å². The van der Waals surface area contributed by atoms with Gasteiger partial charge >= 0.3 is 0 Å². The quantitative estimate of drug-likeness (QED) is 0.374. The van der Waals surface area contributed by atoms with Crippen molar-refractivity contribution >= 4 is 44.3 Å². The van der Waals surface area contributed by atoms with Crippen LogP contribution in [0.5, 0.6) is 0 Å². The Bertz CT molecular complexity index is 1280. The van der Waals surface area contributed by atoms with Crippen LogP contribution in [-0.4, -0.2) is 27.8 Å². The van der Waals surface area contributed by atoms with Gasteiger partial charge in [0.2, 0.25) is 5.91 Å². The molecule has 4 aromatic rings. The molecule has 1 aromatic heterocycles. The second-order valence-electron chi connectivity index (χ2n) is 7.72. The number of aromatic nitrogens is 2. The fourth-order valence-electron chi connectivity index (χ4n) is 4.20. The lowest BCUT2D eigenvalue weighted by Crippen LogP contribution is -2.24. The van der Waals surface area contributed by atoms with Gasteiger partial charge < -0.3 is 9.47 Å². The maximum atomic E-state index is 13.0. The smallest absolute Gasteiger partial charge is 0.227 e. The van der Waals surface area contributed by atoms with Gasteiger partial charge in [-0.1, -0.05) is 64.5 Å². The van der Waals surface area contributed by atoms with Gasteiger partial charge in [0.1, 0.15) is 5.82 Å². The normalized spacial score (nSPS) is 16.2. The molecule has 6 heteroatoms. The number of anilines is 1. The molecule has 2 heterocycles. The zero-order valence-electron chi connectivity index (χ0n) is 16.7. The number of carbonyl (C=O) groups excluding carboxylic acids is 2. The van der Waals surface area contributed by atoms with E-state index in [1.165, 1.54) is 0 Å². The molecule has 1 atom stereocenters. The summed E-state index contributed by atoms with van der Waals surface area (Å²) in [5, 5.41) is 0. The molecule has 0 N–H and O–H groups in total. The van der Waals surface area contributed by atoms with Crippen LogP contribution in [0.4, 0.5) is 5.69 Å². The van der Waals surface area contributed by atoms with Gasteiger partial charge in [-0.05, 0) is 30.3 Å². The van der Waals surface area contributed by atoms with Crippen LogP contribution in [0.2, 0.25) is 0 Å². The molecule has 1 aliphatic rings. The van der Waals surface area contributed by atoms with E-state index in [1.54, 1.807) is 4.90 Å². The van der Waals surface area contributed by atoms with E-state index in [4.69, 9.17) is 4.98 Å². The Balaban J connectivity index is 1.51. The summed E-state index contributed by atoms with van der Waals surface area (Å²) in [4.78, 5) is 32.5. The van der Waals surface area contributed by atoms with Gasteiger partial charge in [0.25, 0.3) is 0 Å². The molecule has 5 rings (SSSR count). The molecule has 31 heavy (non-hydrogen) atoms. The number of halogens is 1. The summed E-state index contributed by atoms with van der Waals surface area (Å²) >= 11 is 3.48. The first kappa shape index (κ1) is 19.7. The van der Waals surface area contributed by atoms with E-state index in [1.807, 2.05) is 83.4 Å². The van der Waals surface area contributed by atoms with Crippen molar-refractivity contribution in [2.24, 2.45) is 0 Å². The van der Waals surface area contributed by atoms with Crippen LogP contribution < -0.4 is 4.90 Å². The Morgan fingerprint density at radius 1 is 1.00 bits per heavy atom. The van der Waals surface area contributed by atoms with Crippen LogP contribution in [0.3, 0.4) is 0 Å². The summed E-state index contributed by atoms with van der Waals surface area (Å²) in [6.45, 7) is 0.736. The molecule has 0 spiro atoms. The number of rotatable bonds is 5. The fourth-order valence-corrected chi connectivity index (χ4v) is 4.59. The predicted molar refractivity (Wildman–Crippen MR) is 124 cm³/mol. The van der Waals surface area contributed by atoms with E-state index in [0.29, 0.717) is 18.5 Å². The summed E-state index contributed by atoms with van der Waals surface area (Å²) < 4.78 is 2.91. The molecule has 0 bridgehead atoms. The maximum absolute atomic E-state index is 13.0. The highest BCUT2D eigenvalue weighted by atomic mass is 79.9. The van der Waals surface area contributed by atoms with Gasteiger partial charge in [-0.25, -0.2) is 4.98 Å². The van der Waals surface area contributed by atoms with Crippen molar-refractivity contribution in [2.75, 3.05) is 11.4 Å². The molecule has 3 aromatic carbocycles. The number of hydrogen-bond donors (Lipinski definition) is 0. The van der Waals surface area contributed by atoms with E-state index >= 15 is 0 Å². The SMILES string of the molecule is O=C(Cn1c(C2CC(=O)N(c3cccc(Br)c3)C2)nc2ccccc21)c1ccccc1. The van der Waals surface area contributed by atoms with Crippen LogP contribution in [0.15, 0.2) is 83.3 Å². The summed E-state index contributed by atoms with van der Waals surface area (Å²) in [7, 11) is 0. The third kappa shape index (κ3) is 3.79. The van der Waals surface area contributed by atoms with Gasteiger partial charge in [0.15, 0.2) is 5.78 Å². The molecule has 0 saturated carbocycles. The highest BCUT2D eigenvalue weighted by molar-refractivity contribution is 9.10. The lowest BCUT2D eigenvalue weighted by atomic mass is 10.1. The first-order valence-corrected chi connectivity index (χ1v) is 11.0. The molecule has 5 nitrogen and oxygen atoms in total. The van der Waals surface area contributed by atoms with Gasteiger partial charge in [-0.15, -0.1) is 0 Å². The number of amides is 1. The zero-order chi connectivity index (χ0) is 21.4. The Hall–Kier alpha value is -3.25. The standard InChI is InChI=1S/C25H20BrN3O2/c26-19-9-6-10-20(14-19)28-15-18(13-24(28)31)25-27-21-11-4-5-12-22(21)29(25)16-23(30)17-7-2-1-3-8-17/h1-12,14,18H,13,15-16H2. The number of para-hydroxylation sites is 2. The molecule has 154 valence electrons. The monoisotopic (exact) mass is 473 g/mol. The number of Topliss-reactive ketones (excluding diaryl/α,β-unsaturated/α-hetero) is 1. The average Bonchev–Trinajstić information content (AvgIpc) is 3.35. The van der Waals surface area contributed by atoms with E-state index in [0.717, 1.165) is 27.0 Å². The van der Waals surface area contributed by atoms with Crippen LogP contribution in [0.25, 0.3) is 11.0 Å². The highest BCUT2D eigenvalue weighted by Crippen LogP contribution is 2.34. The van der Waals surface area contributed by atoms with Crippen LogP contribution >= 0.6 is 15.9 Å². The molecular formula is C25H20BrN3O2. The van der Waals surface area contributed by atoms with Gasteiger partial charge in [0.05, 0.1) is 17.6 Å². The number of carbonyl (C=O) groups is 2. The molecule has 0 aliphatic carbocycles. The Morgan fingerprint density at radius 2 is 1.77 bits per heavy atom. The van der Waals surface area contributed by atoms with Gasteiger partial charge in [0, 0.05) is 34.6 Å². The van der Waals surface area contributed by atoms with Crippen molar-refractivity contribution in [1.29, 1.82) is 0 Å². The first-order valence-electron chi connectivity index (χ1n) is 10.2. The number of imidazole rings is 1. The Labute approximate surface area is 188 Å². The van der Waals surface area contributed by atoms with Crippen molar-refractivity contribution in [1.82, 2.24) is 9.55 Å². The van der Waals surface area contributed by atoms with E-state index in [9.17, 15) is 9.59 Å². The van der Waals surface area contributed by atoms with Crippen LogP contribution in [0, 0.1) is 0 Å². The third-order valence-electron chi connectivity index (χ3n) is 5.69. The van der Waals surface area contributed by atoms with Crippen molar-refractivity contribution in [2.45, 2.75) is 18.9 Å². The number of hydrogen-bond acceptors (Lipinski definition) is 3. The van der Waals surface area contributed by atoms with Crippen molar-refractivity contribution in [3.63, 3.8) is 0 Å². The number of benzene rings is 3. The Morgan fingerprint density at radius 3 is 2.58 bits per heavy atom. The first-order chi connectivity index (χ1) is 15.1. The van der Waals surface area contributed by atoms with Crippen molar-refractivity contribution in [3.8, 4) is 0 Å². The third-order valence-corrected chi connectivity index (χ3v) is 6.18. The number of ketones is 1. The lowest BCUT2D eigenvalue weighted by molar-refractivity contribution is -0.117. The summed E-state index contributed by atoms with van der Waals surface area (Å²) in [5.74, 6) is 0.799. The fraction of sp³-hybridized carbons (Fsp3) is 0.160. The molecule has 1 fully saturated rings. The molecular weight excluding hydrogens is 454 g/mol. The van der Waals surface area contributed by atoms with Gasteiger partial charge in [-0.2, -0.15) is 0 Å². The van der Waals surface area contributed by atoms with E-state index < -0.39 is 0 Å². The van der Waals surface area contributed by atoms with Crippen molar-refractivity contribution < 1.29 is 9.59 Å². The minimum Gasteiger partial charge on any atom is -0.320 e. The second-order valence-corrected chi connectivity index (χ2v) is 8.64. The maximum Gasteiger partial charge on any atom is 0.227 e. The minimum atomic E-state index is -0.0811. The van der Waals surface area contributed by atoms with Crippen LogP contribution in [0.1, 0.15) is 28.5 Å². The zero-order valence-corrected chi connectivity index (χ0v) is 18.3. The predicted octanol–water partition coefficient (Wildman–Crippen LogP) is 5.20. The topological polar surface area (TPSA) is 55.2 Å².